The van der Waals surface area contributed by atoms with E-state index in [1.165, 1.54) is 6.07 Å². The summed E-state index contributed by atoms with van der Waals surface area (Å²) in [5.41, 5.74) is -0.136. The molecule has 2 N–H and O–H groups in total. The molecule has 1 rings (SSSR count). The van der Waals surface area contributed by atoms with Gasteiger partial charge in [0.2, 0.25) is 0 Å². The van der Waals surface area contributed by atoms with Crippen LogP contribution in [0.3, 0.4) is 0 Å². The number of aryl methyl sites for hydroxylation is 1. The molecule has 1 atom stereocenters. The molecule has 1 aromatic heterocycles. The number of rotatable bonds is 6. The van der Waals surface area contributed by atoms with Crippen molar-refractivity contribution in [2.24, 2.45) is 0 Å². The maximum absolute atomic E-state index is 11.2. The summed E-state index contributed by atoms with van der Waals surface area (Å²) in [4.78, 5) is 18.1. The van der Waals surface area contributed by atoms with Gasteiger partial charge >= 0.3 is 0 Å². The lowest BCUT2D eigenvalue weighted by atomic mass is 10.2. The van der Waals surface area contributed by atoms with E-state index in [0.29, 0.717) is 18.2 Å². The Hall–Kier alpha value is -1.36. The van der Waals surface area contributed by atoms with E-state index in [-0.39, 0.29) is 11.6 Å². The Morgan fingerprint density at radius 1 is 1.62 bits per heavy atom. The number of aromatic amines is 1. The standard InChI is InChI=1S/C11H19N3O2/c1-4-5-9(7-16-3)14-10-6-11(15)13-8(2)12-10/h6,9H,4-5,7H2,1-3H3,(H2,12,13,14,15). The Morgan fingerprint density at radius 2 is 2.38 bits per heavy atom. The first kappa shape index (κ1) is 12.7. The molecule has 0 aliphatic rings. The van der Waals surface area contributed by atoms with Crippen molar-refractivity contribution < 1.29 is 4.74 Å². The van der Waals surface area contributed by atoms with Crippen LogP contribution in [0.1, 0.15) is 25.6 Å². The highest BCUT2D eigenvalue weighted by atomic mass is 16.5. The van der Waals surface area contributed by atoms with Crippen molar-refractivity contribution in [1.29, 1.82) is 0 Å². The summed E-state index contributed by atoms with van der Waals surface area (Å²) in [7, 11) is 1.67. The van der Waals surface area contributed by atoms with Crippen LogP contribution in [-0.2, 0) is 4.74 Å². The normalized spacial score (nSPS) is 12.4. The van der Waals surface area contributed by atoms with E-state index in [0.717, 1.165) is 12.8 Å². The second kappa shape index (κ2) is 6.27. The zero-order chi connectivity index (χ0) is 12.0. The minimum Gasteiger partial charge on any atom is -0.383 e. The fraction of sp³-hybridized carbons (Fsp3) is 0.636. The minimum atomic E-state index is -0.136. The lowest BCUT2D eigenvalue weighted by Crippen LogP contribution is -2.26. The number of anilines is 1. The summed E-state index contributed by atoms with van der Waals surface area (Å²) in [5.74, 6) is 1.22. The quantitative estimate of drug-likeness (QED) is 0.766. The highest BCUT2D eigenvalue weighted by Gasteiger charge is 2.08. The van der Waals surface area contributed by atoms with Gasteiger partial charge < -0.3 is 15.0 Å². The molecule has 0 saturated carbocycles. The van der Waals surface area contributed by atoms with Gasteiger partial charge in [-0.15, -0.1) is 0 Å². The van der Waals surface area contributed by atoms with Gasteiger partial charge in [-0.3, -0.25) is 4.79 Å². The number of nitrogens with one attached hydrogen (secondary N) is 2. The smallest absolute Gasteiger partial charge is 0.252 e. The fourth-order valence-electron chi connectivity index (χ4n) is 1.61. The van der Waals surface area contributed by atoms with Crippen LogP contribution in [0.2, 0.25) is 0 Å². The SMILES string of the molecule is CCCC(COC)Nc1cc(=O)[nH]c(C)n1. The second-order valence-corrected chi connectivity index (χ2v) is 3.80. The van der Waals surface area contributed by atoms with Gasteiger partial charge in [0, 0.05) is 13.2 Å². The molecule has 0 radical (unpaired) electrons. The van der Waals surface area contributed by atoms with Crippen LogP contribution >= 0.6 is 0 Å². The molecule has 0 aromatic carbocycles. The molecular formula is C11H19N3O2. The van der Waals surface area contributed by atoms with Crippen molar-refractivity contribution in [3.05, 3.63) is 22.2 Å². The Balaban J connectivity index is 2.72. The van der Waals surface area contributed by atoms with E-state index in [4.69, 9.17) is 4.74 Å². The van der Waals surface area contributed by atoms with Gasteiger partial charge in [0.1, 0.15) is 11.6 Å². The molecule has 0 saturated heterocycles. The summed E-state index contributed by atoms with van der Waals surface area (Å²) in [6.45, 7) is 4.49. The monoisotopic (exact) mass is 225 g/mol. The summed E-state index contributed by atoms with van der Waals surface area (Å²) >= 11 is 0. The number of hydrogen-bond donors (Lipinski definition) is 2. The van der Waals surface area contributed by atoms with Gasteiger partial charge in [0.05, 0.1) is 12.6 Å². The van der Waals surface area contributed by atoms with Crippen LogP contribution in [0.5, 0.6) is 0 Å². The topological polar surface area (TPSA) is 67.0 Å². The summed E-state index contributed by atoms with van der Waals surface area (Å²) in [5, 5.41) is 3.21. The van der Waals surface area contributed by atoms with Gasteiger partial charge in [-0.2, -0.15) is 0 Å². The summed E-state index contributed by atoms with van der Waals surface area (Å²) in [6.07, 6.45) is 2.05. The lowest BCUT2D eigenvalue weighted by molar-refractivity contribution is 0.182. The van der Waals surface area contributed by atoms with Gasteiger partial charge in [0.25, 0.3) is 5.56 Å². The molecule has 0 spiro atoms. The largest absolute Gasteiger partial charge is 0.383 e. The van der Waals surface area contributed by atoms with Crippen molar-refractivity contribution in [3.63, 3.8) is 0 Å². The first-order chi connectivity index (χ1) is 7.65. The molecule has 0 aliphatic carbocycles. The number of hydrogen-bond acceptors (Lipinski definition) is 4. The van der Waals surface area contributed by atoms with Crippen LogP contribution in [0, 0.1) is 6.92 Å². The number of methoxy groups -OCH3 is 1. The van der Waals surface area contributed by atoms with E-state index in [9.17, 15) is 4.79 Å². The molecule has 0 fully saturated rings. The van der Waals surface area contributed by atoms with Gasteiger partial charge in [-0.1, -0.05) is 13.3 Å². The summed E-state index contributed by atoms with van der Waals surface area (Å²) < 4.78 is 5.11. The third-order valence-electron chi connectivity index (χ3n) is 2.22. The Bertz CT molecular complexity index is 370. The first-order valence-electron chi connectivity index (χ1n) is 5.49. The Kier molecular flexibility index (Phi) is 4.98. The first-order valence-corrected chi connectivity index (χ1v) is 5.49. The average Bonchev–Trinajstić information content (AvgIpc) is 2.16. The molecule has 0 amide bonds. The molecule has 1 aromatic rings. The molecule has 1 heterocycles. The van der Waals surface area contributed by atoms with Crippen LogP contribution in [-0.4, -0.2) is 29.7 Å². The molecule has 90 valence electrons. The van der Waals surface area contributed by atoms with E-state index in [2.05, 4.69) is 22.2 Å². The number of ether oxygens (including phenoxy) is 1. The highest BCUT2D eigenvalue weighted by Crippen LogP contribution is 2.06. The maximum atomic E-state index is 11.2. The van der Waals surface area contributed by atoms with Crippen molar-refractivity contribution in [2.45, 2.75) is 32.7 Å². The highest BCUT2D eigenvalue weighted by molar-refractivity contribution is 5.34. The van der Waals surface area contributed by atoms with Crippen LogP contribution < -0.4 is 10.9 Å². The van der Waals surface area contributed by atoms with Crippen LogP contribution in [0.25, 0.3) is 0 Å². The van der Waals surface area contributed by atoms with Crippen molar-refractivity contribution in [1.82, 2.24) is 9.97 Å². The molecular weight excluding hydrogens is 206 g/mol. The van der Waals surface area contributed by atoms with Crippen LogP contribution in [0.4, 0.5) is 5.82 Å². The predicted octanol–water partition coefficient (Wildman–Crippen LogP) is 1.31. The van der Waals surface area contributed by atoms with E-state index < -0.39 is 0 Å². The maximum Gasteiger partial charge on any atom is 0.252 e. The van der Waals surface area contributed by atoms with E-state index in [1.54, 1.807) is 14.0 Å². The van der Waals surface area contributed by atoms with Crippen molar-refractivity contribution in [3.8, 4) is 0 Å². The third-order valence-corrected chi connectivity index (χ3v) is 2.22. The van der Waals surface area contributed by atoms with E-state index in [1.807, 2.05) is 0 Å². The zero-order valence-corrected chi connectivity index (χ0v) is 10.0. The molecule has 16 heavy (non-hydrogen) atoms. The molecule has 0 aliphatic heterocycles. The fourth-order valence-corrected chi connectivity index (χ4v) is 1.61. The molecule has 5 nitrogen and oxygen atoms in total. The lowest BCUT2D eigenvalue weighted by Gasteiger charge is -2.17. The van der Waals surface area contributed by atoms with Gasteiger partial charge in [-0.25, -0.2) is 4.98 Å². The molecule has 0 bridgehead atoms. The summed E-state index contributed by atoms with van der Waals surface area (Å²) in [6, 6.07) is 1.66. The predicted molar refractivity (Wildman–Crippen MR) is 63.8 cm³/mol. The van der Waals surface area contributed by atoms with Crippen LogP contribution in [0.15, 0.2) is 10.9 Å². The minimum absolute atomic E-state index is 0.136. The average molecular weight is 225 g/mol. The van der Waals surface area contributed by atoms with E-state index >= 15 is 0 Å². The Morgan fingerprint density at radius 3 is 2.94 bits per heavy atom. The third kappa shape index (κ3) is 4.02. The van der Waals surface area contributed by atoms with Crippen molar-refractivity contribution in [2.75, 3.05) is 19.0 Å². The number of aromatic nitrogens is 2. The zero-order valence-electron chi connectivity index (χ0n) is 10.0. The van der Waals surface area contributed by atoms with Gasteiger partial charge in [0.15, 0.2) is 0 Å². The number of nitrogens with zero attached hydrogens (tertiary/aromatic N) is 1. The Labute approximate surface area is 95.3 Å². The molecule has 1 unspecified atom stereocenters. The van der Waals surface area contributed by atoms with Crippen molar-refractivity contribution >= 4 is 5.82 Å². The second-order valence-electron chi connectivity index (χ2n) is 3.80. The molecule has 5 heteroatoms. The van der Waals surface area contributed by atoms with Gasteiger partial charge in [-0.05, 0) is 13.3 Å². The number of H-pyrrole nitrogens is 1.